The molecule has 0 saturated heterocycles. The number of para-hydroxylation sites is 2. The van der Waals surface area contributed by atoms with Crippen molar-refractivity contribution in [3.63, 3.8) is 0 Å². The molecule has 5 nitrogen and oxygen atoms in total. The zero-order valence-electron chi connectivity index (χ0n) is 14.5. The van der Waals surface area contributed by atoms with E-state index in [1.165, 1.54) is 0 Å². The fraction of sp³-hybridized carbons (Fsp3) is 0.211. The number of likely N-dealkylation sites (N-methyl/N-ethyl adjacent to an activating group) is 1. The van der Waals surface area contributed by atoms with Gasteiger partial charge in [-0.2, -0.15) is 0 Å². The van der Waals surface area contributed by atoms with Gasteiger partial charge in [0, 0.05) is 19.5 Å². The number of thiophene rings is 1. The summed E-state index contributed by atoms with van der Waals surface area (Å²) in [5.41, 5.74) is 2.84. The van der Waals surface area contributed by atoms with Gasteiger partial charge in [-0.25, -0.2) is 9.97 Å². The highest BCUT2D eigenvalue weighted by molar-refractivity contribution is 7.20. The van der Waals surface area contributed by atoms with Crippen molar-refractivity contribution < 1.29 is 4.79 Å². The number of hydrogen-bond donors (Lipinski definition) is 0. The number of benzene rings is 1. The highest BCUT2D eigenvalue weighted by Gasteiger charge is 2.16. The molecule has 0 aliphatic rings. The standard InChI is InChI=1S/C19H18N4OS2/c1-22(11-17-21-14-6-3-4-7-15(14)23(17)2)18(24)10-13-12-26-19(20-13)16-8-5-9-25-16/h3-9,12H,10-11H2,1-2H3. The molecule has 3 heterocycles. The molecular formula is C19H18N4OS2. The SMILES string of the molecule is CN(Cc1nc2ccccc2n1C)C(=O)Cc1csc(-c2cccs2)n1. The van der Waals surface area contributed by atoms with Gasteiger partial charge in [-0.15, -0.1) is 22.7 Å². The minimum atomic E-state index is 0.0417. The van der Waals surface area contributed by atoms with E-state index in [4.69, 9.17) is 0 Å². The quantitative estimate of drug-likeness (QED) is 0.525. The summed E-state index contributed by atoms with van der Waals surface area (Å²) in [6, 6.07) is 12.1. The summed E-state index contributed by atoms with van der Waals surface area (Å²) in [5.74, 6) is 0.916. The zero-order chi connectivity index (χ0) is 18.1. The van der Waals surface area contributed by atoms with Crippen LogP contribution in [0.5, 0.6) is 0 Å². The summed E-state index contributed by atoms with van der Waals surface area (Å²) in [4.78, 5) is 24.7. The van der Waals surface area contributed by atoms with Gasteiger partial charge in [-0.3, -0.25) is 4.79 Å². The Kier molecular flexibility index (Phi) is 4.57. The fourth-order valence-electron chi connectivity index (χ4n) is 2.83. The molecule has 3 aromatic heterocycles. The molecule has 1 amide bonds. The maximum Gasteiger partial charge on any atom is 0.228 e. The van der Waals surface area contributed by atoms with Gasteiger partial charge in [0.25, 0.3) is 0 Å². The molecule has 0 spiro atoms. The molecule has 0 aliphatic heterocycles. The predicted molar refractivity (Wildman–Crippen MR) is 106 cm³/mol. The Morgan fingerprint density at radius 1 is 1.15 bits per heavy atom. The zero-order valence-corrected chi connectivity index (χ0v) is 16.2. The number of rotatable bonds is 5. The van der Waals surface area contributed by atoms with Gasteiger partial charge in [-0.1, -0.05) is 18.2 Å². The van der Waals surface area contributed by atoms with Crippen molar-refractivity contribution in [2.75, 3.05) is 7.05 Å². The average molecular weight is 383 g/mol. The van der Waals surface area contributed by atoms with E-state index in [9.17, 15) is 4.79 Å². The van der Waals surface area contributed by atoms with Crippen molar-refractivity contribution in [2.45, 2.75) is 13.0 Å². The number of aryl methyl sites for hydroxylation is 1. The Labute approximate surface area is 159 Å². The lowest BCUT2D eigenvalue weighted by atomic mass is 10.3. The number of hydrogen-bond acceptors (Lipinski definition) is 5. The second-order valence-corrected chi connectivity index (χ2v) is 7.93. The lowest BCUT2D eigenvalue weighted by Gasteiger charge is -2.16. The fourth-order valence-corrected chi connectivity index (χ4v) is 4.46. The lowest BCUT2D eigenvalue weighted by molar-refractivity contribution is -0.129. The summed E-state index contributed by atoms with van der Waals surface area (Å²) in [6.07, 6.45) is 0.308. The monoisotopic (exact) mass is 382 g/mol. The molecule has 0 radical (unpaired) electrons. The topological polar surface area (TPSA) is 51.0 Å². The van der Waals surface area contributed by atoms with Gasteiger partial charge in [0.15, 0.2) is 0 Å². The van der Waals surface area contributed by atoms with E-state index in [0.29, 0.717) is 13.0 Å². The number of thiazole rings is 1. The maximum absolute atomic E-state index is 12.6. The van der Waals surface area contributed by atoms with Crippen LogP contribution in [-0.2, 0) is 24.8 Å². The normalized spacial score (nSPS) is 11.2. The molecule has 0 aliphatic carbocycles. The predicted octanol–water partition coefficient (Wildman–Crippen LogP) is 3.96. The molecule has 0 unspecified atom stereocenters. The van der Waals surface area contributed by atoms with Crippen molar-refractivity contribution in [2.24, 2.45) is 7.05 Å². The first kappa shape index (κ1) is 16.9. The van der Waals surface area contributed by atoms with Gasteiger partial charge in [0.2, 0.25) is 5.91 Å². The summed E-state index contributed by atoms with van der Waals surface area (Å²) in [5, 5.41) is 4.97. The van der Waals surface area contributed by atoms with Crippen LogP contribution < -0.4 is 0 Å². The number of imidazole rings is 1. The molecule has 0 fully saturated rings. The molecule has 4 rings (SSSR count). The van der Waals surface area contributed by atoms with Crippen LogP contribution in [0.15, 0.2) is 47.2 Å². The largest absolute Gasteiger partial charge is 0.338 e. The molecule has 0 N–H and O–H groups in total. The third-order valence-corrected chi connectivity index (χ3v) is 6.23. The van der Waals surface area contributed by atoms with Gasteiger partial charge in [-0.05, 0) is 23.6 Å². The Morgan fingerprint density at radius 3 is 2.77 bits per heavy atom. The van der Waals surface area contributed by atoms with E-state index in [1.54, 1.807) is 27.6 Å². The first-order chi connectivity index (χ1) is 12.6. The van der Waals surface area contributed by atoms with Crippen LogP contribution in [0.1, 0.15) is 11.5 Å². The van der Waals surface area contributed by atoms with Crippen LogP contribution in [-0.4, -0.2) is 32.4 Å². The third kappa shape index (κ3) is 3.27. The average Bonchev–Trinajstić information content (AvgIpc) is 3.36. The van der Waals surface area contributed by atoms with Crippen molar-refractivity contribution in [3.8, 4) is 9.88 Å². The van der Waals surface area contributed by atoms with E-state index in [0.717, 1.165) is 32.4 Å². The third-order valence-electron chi connectivity index (χ3n) is 4.30. The molecule has 0 atom stereocenters. The Balaban J connectivity index is 1.45. The highest BCUT2D eigenvalue weighted by atomic mass is 32.1. The van der Waals surface area contributed by atoms with Crippen LogP contribution in [0.4, 0.5) is 0 Å². The minimum absolute atomic E-state index is 0.0417. The van der Waals surface area contributed by atoms with Crippen LogP contribution >= 0.6 is 22.7 Å². The van der Waals surface area contributed by atoms with Crippen molar-refractivity contribution >= 4 is 39.6 Å². The van der Waals surface area contributed by atoms with E-state index in [1.807, 2.05) is 65.8 Å². The number of amides is 1. The Hall–Kier alpha value is -2.51. The van der Waals surface area contributed by atoms with Crippen molar-refractivity contribution in [3.05, 3.63) is 58.7 Å². The number of fused-ring (bicyclic) bond motifs is 1. The molecule has 7 heteroatoms. The molecule has 0 bridgehead atoms. The van der Waals surface area contributed by atoms with Crippen LogP contribution in [0.2, 0.25) is 0 Å². The maximum atomic E-state index is 12.6. The Bertz CT molecular complexity index is 1050. The van der Waals surface area contributed by atoms with E-state index in [2.05, 4.69) is 9.97 Å². The molecule has 4 aromatic rings. The van der Waals surface area contributed by atoms with Crippen LogP contribution in [0, 0.1) is 0 Å². The summed E-state index contributed by atoms with van der Waals surface area (Å²) < 4.78 is 2.04. The van der Waals surface area contributed by atoms with Gasteiger partial charge >= 0.3 is 0 Å². The number of carbonyl (C=O) groups is 1. The lowest BCUT2D eigenvalue weighted by Crippen LogP contribution is -2.29. The first-order valence-electron chi connectivity index (χ1n) is 8.24. The van der Waals surface area contributed by atoms with Crippen LogP contribution in [0.25, 0.3) is 20.9 Å². The molecular weight excluding hydrogens is 364 g/mol. The summed E-state index contributed by atoms with van der Waals surface area (Å²) in [6.45, 7) is 0.478. The van der Waals surface area contributed by atoms with Gasteiger partial charge in [0.05, 0.1) is 34.6 Å². The number of carbonyl (C=O) groups excluding carboxylic acids is 1. The number of aromatic nitrogens is 3. The molecule has 26 heavy (non-hydrogen) atoms. The van der Waals surface area contributed by atoms with E-state index in [-0.39, 0.29) is 5.91 Å². The molecule has 1 aromatic carbocycles. The summed E-state index contributed by atoms with van der Waals surface area (Å²) >= 11 is 3.24. The van der Waals surface area contributed by atoms with E-state index < -0.39 is 0 Å². The molecule has 132 valence electrons. The van der Waals surface area contributed by atoms with Crippen LogP contribution in [0.3, 0.4) is 0 Å². The smallest absolute Gasteiger partial charge is 0.228 e. The van der Waals surface area contributed by atoms with Gasteiger partial charge in [0.1, 0.15) is 10.8 Å². The first-order valence-corrected chi connectivity index (χ1v) is 10.0. The summed E-state index contributed by atoms with van der Waals surface area (Å²) in [7, 11) is 3.80. The second-order valence-electron chi connectivity index (χ2n) is 6.12. The highest BCUT2D eigenvalue weighted by Crippen LogP contribution is 2.28. The molecule has 0 saturated carbocycles. The van der Waals surface area contributed by atoms with Gasteiger partial charge < -0.3 is 9.47 Å². The second kappa shape index (κ2) is 7.01. The van der Waals surface area contributed by atoms with Crippen molar-refractivity contribution in [1.82, 2.24) is 19.4 Å². The Morgan fingerprint density at radius 2 is 2.00 bits per heavy atom. The van der Waals surface area contributed by atoms with Crippen molar-refractivity contribution in [1.29, 1.82) is 0 Å². The minimum Gasteiger partial charge on any atom is -0.338 e. The number of nitrogens with zero attached hydrogens (tertiary/aromatic N) is 4. The van der Waals surface area contributed by atoms with E-state index >= 15 is 0 Å².